The maximum absolute atomic E-state index is 5.49. The van der Waals surface area contributed by atoms with Crippen LogP contribution in [-0.2, 0) is 0 Å². The van der Waals surface area contributed by atoms with E-state index < -0.39 is 0 Å². The van der Waals surface area contributed by atoms with Gasteiger partial charge in [-0.3, -0.25) is 0 Å². The minimum atomic E-state index is 0.545. The Balaban J connectivity index is 2.82. The molecule has 0 spiro atoms. The van der Waals surface area contributed by atoms with Crippen LogP contribution in [0.5, 0.6) is 0 Å². The van der Waals surface area contributed by atoms with Crippen molar-refractivity contribution in [2.24, 2.45) is 0 Å². The van der Waals surface area contributed by atoms with Gasteiger partial charge in [-0.15, -0.1) is 0 Å². The van der Waals surface area contributed by atoms with Gasteiger partial charge in [0.05, 0.1) is 5.52 Å². The number of rotatable bonds is 0. The average Bonchev–Trinajstić information content (AvgIpc) is 2.27. The SMILES string of the molecule is Nc1cc2ccc(Br)cn2n1. The molecule has 11 heavy (non-hydrogen) atoms. The van der Waals surface area contributed by atoms with E-state index in [1.54, 1.807) is 4.52 Å². The molecule has 0 radical (unpaired) electrons. The van der Waals surface area contributed by atoms with E-state index in [1.165, 1.54) is 0 Å². The first kappa shape index (κ1) is 6.67. The number of nitrogens with two attached hydrogens (primary N) is 1. The zero-order valence-corrected chi connectivity index (χ0v) is 7.25. The van der Waals surface area contributed by atoms with Gasteiger partial charge in [0, 0.05) is 16.7 Å². The van der Waals surface area contributed by atoms with Crippen molar-refractivity contribution in [3.8, 4) is 0 Å². The summed E-state index contributed by atoms with van der Waals surface area (Å²) in [5.74, 6) is 0.545. The highest BCUT2D eigenvalue weighted by molar-refractivity contribution is 9.10. The fraction of sp³-hybridized carbons (Fsp3) is 0. The summed E-state index contributed by atoms with van der Waals surface area (Å²) >= 11 is 3.34. The van der Waals surface area contributed by atoms with Gasteiger partial charge in [0.25, 0.3) is 0 Å². The third-order valence-corrected chi connectivity index (χ3v) is 1.91. The highest BCUT2D eigenvalue weighted by atomic mass is 79.9. The van der Waals surface area contributed by atoms with Gasteiger partial charge in [-0.1, -0.05) is 0 Å². The lowest BCUT2D eigenvalue weighted by molar-refractivity contribution is 0.963. The number of halogens is 1. The molecule has 2 aromatic heterocycles. The Morgan fingerprint density at radius 3 is 3.09 bits per heavy atom. The molecule has 0 aliphatic heterocycles. The molecule has 0 atom stereocenters. The molecule has 0 unspecified atom stereocenters. The van der Waals surface area contributed by atoms with E-state index in [0.29, 0.717) is 5.82 Å². The van der Waals surface area contributed by atoms with Gasteiger partial charge in [-0.2, -0.15) is 5.10 Å². The number of aromatic nitrogens is 2. The van der Waals surface area contributed by atoms with Crippen LogP contribution in [0.4, 0.5) is 5.82 Å². The van der Waals surface area contributed by atoms with Crippen LogP contribution in [0.2, 0.25) is 0 Å². The van der Waals surface area contributed by atoms with Crippen molar-refractivity contribution in [1.82, 2.24) is 9.61 Å². The predicted octanol–water partition coefficient (Wildman–Crippen LogP) is 1.68. The Kier molecular flexibility index (Phi) is 1.35. The molecule has 56 valence electrons. The molecule has 2 aromatic rings. The molecule has 3 nitrogen and oxygen atoms in total. The van der Waals surface area contributed by atoms with Crippen LogP contribution in [-0.4, -0.2) is 9.61 Å². The Morgan fingerprint density at radius 2 is 2.27 bits per heavy atom. The van der Waals surface area contributed by atoms with Crippen LogP contribution in [0, 0.1) is 0 Å². The summed E-state index contributed by atoms with van der Waals surface area (Å²) < 4.78 is 2.73. The molecule has 0 aliphatic rings. The monoisotopic (exact) mass is 211 g/mol. The van der Waals surface area contributed by atoms with Crippen molar-refractivity contribution in [1.29, 1.82) is 0 Å². The quantitative estimate of drug-likeness (QED) is 0.721. The molecular weight excluding hydrogens is 206 g/mol. The van der Waals surface area contributed by atoms with E-state index >= 15 is 0 Å². The van der Waals surface area contributed by atoms with Gasteiger partial charge in [0.2, 0.25) is 0 Å². The second-order valence-corrected chi connectivity index (χ2v) is 3.20. The van der Waals surface area contributed by atoms with Crippen LogP contribution in [0.1, 0.15) is 0 Å². The largest absolute Gasteiger partial charge is 0.382 e. The third-order valence-electron chi connectivity index (χ3n) is 1.44. The first-order valence-electron chi connectivity index (χ1n) is 3.16. The Hall–Kier alpha value is -1.03. The molecule has 0 saturated heterocycles. The van der Waals surface area contributed by atoms with Crippen LogP contribution in [0.25, 0.3) is 5.52 Å². The first-order valence-corrected chi connectivity index (χ1v) is 3.95. The molecule has 4 heteroatoms. The Labute approximate surface area is 71.9 Å². The fourth-order valence-electron chi connectivity index (χ4n) is 0.981. The van der Waals surface area contributed by atoms with Crippen LogP contribution >= 0.6 is 15.9 Å². The van der Waals surface area contributed by atoms with Crippen molar-refractivity contribution in [2.45, 2.75) is 0 Å². The molecule has 0 aromatic carbocycles. The van der Waals surface area contributed by atoms with Gasteiger partial charge >= 0.3 is 0 Å². The van der Waals surface area contributed by atoms with Gasteiger partial charge < -0.3 is 5.73 Å². The second-order valence-electron chi connectivity index (χ2n) is 2.29. The molecule has 0 amide bonds. The predicted molar refractivity (Wildman–Crippen MR) is 47.3 cm³/mol. The standard InChI is InChI=1S/C7H6BrN3/c8-5-1-2-6-3-7(9)10-11(6)4-5/h1-4H,(H2,9,10). The van der Waals surface area contributed by atoms with Gasteiger partial charge in [0.15, 0.2) is 0 Å². The summed E-state index contributed by atoms with van der Waals surface area (Å²) in [7, 11) is 0. The lowest BCUT2D eigenvalue weighted by Gasteiger charge is -1.91. The van der Waals surface area contributed by atoms with E-state index in [2.05, 4.69) is 21.0 Å². The normalized spacial score (nSPS) is 10.6. The number of nitrogens with zero attached hydrogens (tertiary/aromatic N) is 2. The maximum Gasteiger partial charge on any atom is 0.146 e. The van der Waals surface area contributed by atoms with Gasteiger partial charge in [-0.05, 0) is 28.1 Å². The highest BCUT2D eigenvalue weighted by Gasteiger charge is 1.96. The molecule has 2 N–H and O–H groups in total. The molecule has 0 aliphatic carbocycles. The minimum absolute atomic E-state index is 0.545. The summed E-state index contributed by atoms with van der Waals surface area (Å²) in [4.78, 5) is 0. The Morgan fingerprint density at radius 1 is 1.45 bits per heavy atom. The third kappa shape index (κ3) is 1.09. The topological polar surface area (TPSA) is 43.3 Å². The molecule has 0 fully saturated rings. The lowest BCUT2D eigenvalue weighted by atomic mass is 10.4. The van der Waals surface area contributed by atoms with Crippen molar-refractivity contribution in [3.63, 3.8) is 0 Å². The van der Waals surface area contributed by atoms with Crippen LogP contribution in [0.15, 0.2) is 28.9 Å². The van der Waals surface area contributed by atoms with E-state index in [1.807, 2.05) is 24.4 Å². The van der Waals surface area contributed by atoms with Crippen molar-refractivity contribution < 1.29 is 0 Å². The highest BCUT2D eigenvalue weighted by Crippen LogP contribution is 2.13. The molecule has 2 rings (SSSR count). The number of fused-ring (bicyclic) bond motifs is 1. The van der Waals surface area contributed by atoms with Gasteiger partial charge in [-0.25, -0.2) is 4.52 Å². The van der Waals surface area contributed by atoms with Crippen molar-refractivity contribution in [3.05, 3.63) is 28.9 Å². The molecular formula is C7H6BrN3. The number of anilines is 1. The summed E-state index contributed by atoms with van der Waals surface area (Å²) in [5, 5.41) is 4.04. The van der Waals surface area contributed by atoms with Crippen molar-refractivity contribution in [2.75, 3.05) is 5.73 Å². The van der Waals surface area contributed by atoms with E-state index in [-0.39, 0.29) is 0 Å². The minimum Gasteiger partial charge on any atom is -0.382 e. The zero-order chi connectivity index (χ0) is 7.84. The van der Waals surface area contributed by atoms with E-state index in [9.17, 15) is 0 Å². The maximum atomic E-state index is 5.49. The number of pyridine rings is 1. The first-order chi connectivity index (χ1) is 5.25. The molecule has 0 saturated carbocycles. The number of hydrogen-bond donors (Lipinski definition) is 1. The second kappa shape index (κ2) is 2.23. The average molecular weight is 212 g/mol. The fourth-order valence-corrected chi connectivity index (χ4v) is 1.31. The molecule has 2 heterocycles. The smallest absolute Gasteiger partial charge is 0.146 e. The zero-order valence-electron chi connectivity index (χ0n) is 5.66. The number of nitrogen functional groups attached to an aromatic ring is 1. The number of hydrogen-bond acceptors (Lipinski definition) is 2. The van der Waals surface area contributed by atoms with Gasteiger partial charge in [0.1, 0.15) is 5.82 Å². The van der Waals surface area contributed by atoms with Crippen molar-refractivity contribution >= 4 is 27.3 Å². The summed E-state index contributed by atoms with van der Waals surface area (Å²) in [6, 6.07) is 5.73. The summed E-state index contributed by atoms with van der Waals surface area (Å²) in [6.45, 7) is 0. The molecule has 0 bridgehead atoms. The lowest BCUT2D eigenvalue weighted by Crippen LogP contribution is -1.88. The van der Waals surface area contributed by atoms with E-state index in [4.69, 9.17) is 5.73 Å². The summed E-state index contributed by atoms with van der Waals surface area (Å²) in [5.41, 5.74) is 6.50. The Bertz CT molecular complexity index is 393. The van der Waals surface area contributed by atoms with Crippen LogP contribution < -0.4 is 5.73 Å². The summed E-state index contributed by atoms with van der Waals surface area (Å²) in [6.07, 6.45) is 1.87. The van der Waals surface area contributed by atoms with E-state index in [0.717, 1.165) is 9.99 Å². The van der Waals surface area contributed by atoms with Crippen LogP contribution in [0.3, 0.4) is 0 Å².